The van der Waals surface area contributed by atoms with Crippen molar-refractivity contribution >= 4 is 38.1 Å². The lowest BCUT2D eigenvalue weighted by Gasteiger charge is -2.16. The lowest BCUT2D eigenvalue weighted by molar-refractivity contribution is 0.102. The van der Waals surface area contributed by atoms with Crippen molar-refractivity contribution in [3.8, 4) is 17.0 Å². The first-order chi connectivity index (χ1) is 17.4. The first-order valence-electron chi connectivity index (χ1n) is 11.6. The van der Waals surface area contributed by atoms with Crippen LogP contribution in [0.5, 0.6) is 5.75 Å². The molecule has 0 aliphatic heterocycles. The molecule has 0 spiro atoms. The zero-order chi connectivity index (χ0) is 25.1. The molecule has 3 aromatic carbocycles. The number of benzene rings is 3. The zero-order valence-electron chi connectivity index (χ0n) is 19.7. The van der Waals surface area contributed by atoms with Crippen LogP contribution in [0.3, 0.4) is 0 Å². The molecule has 1 aliphatic carbocycles. The van der Waals surface area contributed by atoms with Crippen molar-refractivity contribution in [1.29, 1.82) is 0 Å². The summed E-state index contributed by atoms with van der Waals surface area (Å²) in [6, 6.07) is 18.9. The number of amides is 1. The number of thiazole rings is 1. The maximum Gasteiger partial charge on any atom is 0.261 e. The molecule has 184 valence electrons. The largest absolute Gasteiger partial charge is 0.497 e. The third kappa shape index (κ3) is 5.27. The van der Waals surface area contributed by atoms with Crippen LogP contribution in [0.1, 0.15) is 34.3 Å². The van der Waals surface area contributed by atoms with Crippen LogP contribution in [0, 0.1) is 0 Å². The van der Waals surface area contributed by atoms with Crippen LogP contribution in [-0.2, 0) is 22.9 Å². The Morgan fingerprint density at radius 2 is 1.75 bits per heavy atom. The van der Waals surface area contributed by atoms with Gasteiger partial charge in [-0.2, -0.15) is 0 Å². The van der Waals surface area contributed by atoms with Crippen molar-refractivity contribution in [1.82, 2.24) is 4.98 Å². The Bertz CT molecular complexity index is 1510. The molecule has 2 N–H and O–H groups in total. The molecule has 1 amide bonds. The number of nitrogens with zero attached hydrogens (tertiary/aromatic N) is 1. The fourth-order valence-electron chi connectivity index (χ4n) is 4.22. The minimum Gasteiger partial charge on any atom is -0.497 e. The second-order valence-electron chi connectivity index (χ2n) is 8.54. The van der Waals surface area contributed by atoms with Crippen molar-refractivity contribution in [2.45, 2.75) is 30.6 Å². The number of nitrogens with one attached hydrogen (secondary N) is 2. The van der Waals surface area contributed by atoms with Gasteiger partial charge in [-0.1, -0.05) is 18.2 Å². The fraction of sp³-hybridized carbons (Fsp3) is 0.185. The van der Waals surface area contributed by atoms with E-state index in [1.54, 1.807) is 30.3 Å². The van der Waals surface area contributed by atoms with Crippen molar-refractivity contribution in [3.05, 3.63) is 88.8 Å². The van der Waals surface area contributed by atoms with E-state index in [0.717, 1.165) is 24.1 Å². The quantitative estimate of drug-likeness (QED) is 0.324. The second-order valence-corrected chi connectivity index (χ2v) is 11.1. The summed E-state index contributed by atoms with van der Waals surface area (Å²) in [6.45, 7) is 0. The van der Waals surface area contributed by atoms with Crippen molar-refractivity contribution in [2.75, 3.05) is 17.1 Å². The molecule has 0 radical (unpaired) electrons. The van der Waals surface area contributed by atoms with E-state index in [0.29, 0.717) is 16.4 Å². The summed E-state index contributed by atoms with van der Waals surface area (Å²) in [6.07, 6.45) is 4.67. The van der Waals surface area contributed by atoms with Gasteiger partial charge in [0.15, 0.2) is 5.13 Å². The van der Waals surface area contributed by atoms with Crippen LogP contribution in [0.4, 0.5) is 10.8 Å². The highest BCUT2D eigenvalue weighted by molar-refractivity contribution is 7.92. The van der Waals surface area contributed by atoms with Crippen LogP contribution >= 0.6 is 11.3 Å². The van der Waals surface area contributed by atoms with E-state index in [-0.39, 0.29) is 16.5 Å². The highest BCUT2D eigenvalue weighted by Crippen LogP contribution is 2.30. The number of aryl methyl sites for hydroxylation is 2. The Kier molecular flexibility index (Phi) is 6.75. The Morgan fingerprint density at radius 1 is 0.972 bits per heavy atom. The van der Waals surface area contributed by atoms with Gasteiger partial charge in [0.05, 0.1) is 17.7 Å². The molecular weight excluding hydrogens is 494 g/mol. The highest BCUT2D eigenvalue weighted by Gasteiger charge is 2.17. The number of fused-ring (bicyclic) bond motifs is 1. The van der Waals surface area contributed by atoms with E-state index in [2.05, 4.69) is 33.2 Å². The molecule has 7 nitrogen and oxygen atoms in total. The topological polar surface area (TPSA) is 97.4 Å². The standard InChI is InChI=1S/C27H25N3O4S2/c1-34-23-11-13-24(14-12-23)36(32,33)30-22-8-4-7-21(16-22)26(31)29-27-28-25(17-35-27)20-10-9-18-5-2-3-6-19(18)15-20/h4,7-17,30H,2-3,5-6H2,1H3,(H,28,29,31). The third-order valence-corrected chi connectivity index (χ3v) is 8.27. The summed E-state index contributed by atoms with van der Waals surface area (Å²) in [5.74, 6) is 0.191. The first kappa shape index (κ1) is 24.0. The van der Waals surface area contributed by atoms with E-state index >= 15 is 0 Å². The molecule has 5 rings (SSSR count). The first-order valence-corrected chi connectivity index (χ1v) is 13.9. The van der Waals surface area contributed by atoms with Gasteiger partial charge in [-0.3, -0.25) is 14.8 Å². The molecule has 0 atom stereocenters. The summed E-state index contributed by atoms with van der Waals surface area (Å²) < 4.78 is 33.1. The van der Waals surface area contributed by atoms with Gasteiger partial charge in [0.1, 0.15) is 5.75 Å². The van der Waals surface area contributed by atoms with E-state index < -0.39 is 10.0 Å². The molecule has 1 aliphatic rings. The van der Waals surface area contributed by atoms with Gasteiger partial charge in [0.25, 0.3) is 15.9 Å². The maximum absolute atomic E-state index is 12.9. The van der Waals surface area contributed by atoms with Crippen molar-refractivity contribution in [3.63, 3.8) is 0 Å². The number of carbonyl (C=O) groups excluding carboxylic acids is 1. The molecule has 0 unspecified atom stereocenters. The normalized spacial score (nSPS) is 13.0. The molecule has 9 heteroatoms. The number of carbonyl (C=O) groups is 1. The van der Waals surface area contributed by atoms with Crippen LogP contribution in [0.15, 0.2) is 77.0 Å². The van der Waals surface area contributed by atoms with Crippen LogP contribution in [0.2, 0.25) is 0 Å². The van der Waals surface area contributed by atoms with E-state index in [4.69, 9.17) is 4.74 Å². The minimum atomic E-state index is -3.82. The Labute approximate surface area is 214 Å². The van der Waals surface area contributed by atoms with E-state index in [9.17, 15) is 13.2 Å². The predicted molar refractivity (Wildman–Crippen MR) is 142 cm³/mol. The summed E-state index contributed by atoms with van der Waals surface area (Å²) in [5.41, 5.74) is 5.26. The summed E-state index contributed by atoms with van der Waals surface area (Å²) in [5, 5.41) is 5.24. The smallest absolute Gasteiger partial charge is 0.261 e. The lowest BCUT2D eigenvalue weighted by atomic mass is 9.90. The fourth-order valence-corrected chi connectivity index (χ4v) is 5.98. The molecule has 4 aromatic rings. The number of rotatable bonds is 7. The van der Waals surface area contributed by atoms with E-state index in [1.165, 1.54) is 60.6 Å². The van der Waals surface area contributed by atoms with Gasteiger partial charge in [-0.25, -0.2) is 13.4 Å². The number of methoxy groups -OCH3 is 1. The minimum absolute atomic E-state index is 0.0932. The average molecular weight is 520 g/mol. The number of sulfonamides is 1. The number of aromatic nitrogens is 1. The number of hydrogen-bond donors (Lipinski definition) is 2. The zero-order valence-corrected chi connectivity index (χ0v) is 21.3. The van der Waals surface area contributed by atoms with E-state index in [1.807, 2.05) is 5.38 Å². The molecule has 0 saturated carbocycles. The third-order valence-electron chi connectivity index (χ3n) is 6.12. The molecule has 36 heavy (non-hydrogen) atoms. The average Bonchev–Trinajstić information content (AvgIpc) is 3.37. The van der Waals surface area contributed by atoms with Crippen molar-refractivity contribution < 1.29 is 17.9 Å². The SMILES string of the molecule is COc1ccc(S(=O)(=O)Nc2cccc(C(=O)Nc3nc(-c4ccc5c(c4)CCCC5)cs3)c2)cc1. The van der Waals surface area contributed by atoms with Gasteiger partial charge < -0.3 is 4.74 Å². The lowest BCUT2D eigenvalue weighted by Crippen LogP contribution is -2.15. The Morgan fingerprint density at radius 3 is 2.53 bits per heavy atom. The van der Waals surface area contributed by atoms with Gasteiger partial charge in [-0.05, 0) is 85.3 Å². The molecule has 0 saturated heterocycles. The number of ether oxygens (including phenoxy) is 1. The van der Waals surface area contributed by atoms with Gasteiger partial charge in [0, 0.05) is 22.2 Å². The summed E-state index contributed by atoms with van der Waals surface area (Å²) >= 11 is 1.35. The Balaban J connectivity index is 1.28. The van der Waals surface area contributed by atoms with Crippen LogP contribution in [-0.4, -0.2) is 26.4 Å². The molecular formula is C27H25N3O4S2. The van der Waals surface area contributed by atoms with Crippen molar-refractivity contribution in [2.24, 2.45) is 0 Å². The predicted octanol–water partition coefficient (Wildman–Crippen LogP) is 5.75. The number of anilines is 2. The van der Waals surface area contributed by atoms with Gasteiger partial charge in [-0.15, -0.1) is 11.3 Å². The highest BCUT2D eigenvalue weighted by atomic mass is 32.2. The Hall–Kier alpha value is -3.69. The monoisotopic (exact) mass is 519 g/mol. The molecule has 1 heterocycles. The molecule has 0 fully saturated rings. The van der Waals surface area contributed by atoms with Gasteiger partial charge >= 0.3 is 0 Å². The molecule has 1 aromatic heterocycles. The summed E-state index contributed by atoms with van der Waals surface area (Å²) in [7, 11) is -2.31. The maximum atomic E-state index is 12.9. The second kappa shape index (κ2) is 10.1. The van der Waals surface area contributed by atoms with Crippen LogP contribution in [0.25, 0.3) is 11.3 Å². The number of hydrogen-bond acceptors (Lipinski definition) is 6. The molecule has 0 bridgehead atoms. The van der Waals surface area contributed by atoms with Crippen LogP contribution < -0.4 is 14.8 Å². The van der Waals surface area contributed by atoms with Gasteiger partial charge in [0.2, 0.25) is 0 Å². The summed E-state index contributed by atoms with van der Waals surface area (Å²) in [4.78, 5) is 17.6.